The fraction of sp³-hybridized carbons (Fsp3) is 0.375. The van der Waals surface area contributed by atoms with Crippen LogP contribution in [0.25, 0.3) is 0 Å². The Kier molecular flexibility index (Phi) is 4.93. The monoisotopic (exact) mass is 270 g/mol. The Morgan fingerprint density at radius 3 is 2.50 bits per heavy atom. The van der Waals surface area contributed by atoms with E-state index in [0.29, 0.717) is 5.95 Å². The third-order valence-corrected chi connectivity index (χ3v) is 3.25. The fourth-order valence-electron chi connectivity index (χ4n) is 1.95. The number of rotatable bonds is 6. The van der Waals surface area contributed by atoms with Crippen LogP contribution in [0.2, 0.25) is 0 Å². The fourth-order valence-corrected chi connectivity index (χ4v) is 1.95. The molecule has 0 spiro atoms. The molecule has 0 saturated heterocycles. The van der Waals surface area contributed by atoms with Crippen molar-refractivity contribution in [2.24, 2.45) is 0 Å². The van der Waals surface area contributed by atoms with Crippen molar-refractivity contribution in [1.82, 2.24) is 9.97 Å². The molecule has 2 aromatic rings. The highest BCUT2D eigenvalue weighted by atomic mass is 15.2. The van der Waals surface area contributed by atoms with Gasteiger partial charge in [-0.05, 0) is 36.6 Å². The van der Waals surface area contributed by atoms with Crippen molar-refractivity contribution in [3.05, 3.63) is 42.1 Å². The second kappa shape index (κ2) is 6.89. The molecule has 0 radical (unpaired) electrons. The van der Waals surface area contributed by atoms with Crippen LogP contribution < -0.4 is 10.2 Å². The van der Waals surface area contributed by atoms with Gasteiger partial charge in [0.2, 0.25) is 5.95 Å². The zero-order valence-corrected chi connectivity index (χ0v) is 12.4. The average Bonchev–Trinajstić information content (AvgIpc) is 2.52. The number of aryl methyl sites for hydroxylation is 1. The van der Waals surface area contributed by atoms with Crippen molar-refractivity contribution in [3.63, 3.8) is 0 Å². The first kappa shape index (κ1) is 14.3. The van der Waals surface area contributed by atoms with Crippen molar-refractivity contribution in [1.29, 1.82) is 0 Å². The number of benzene rings is 1. The van der Waals surface area contributed by atoms with Gasteiger partial charge in [-0.25, -0.2) is 4.98 Å². The van der Waals surface area contributed by atoms with Gasteiger partial charge in [-0.2, -0.15) is 4.98 Å². The summed E-state index contributed by atoms with van der Waals surface area (Å²) in [7, 11) is 2.02. The Morgan fingerprint density at radius 2 is 1.85 bits per heavy atom. The maximum Gasteiger partial charge on any atom is 0.224 e. The highest BCUT2D eigenvalue weighted by Gasteiger charge is 2.06. The average molecular weight is 270 g/mol. The first-order valence-electron chi connectivity index (χ1n) is 7.14. The molecule has 20 heavy (non-hydrogen) atoms. The molecule has 4 heteroatoms. The van der Waals surface area contributed by atoms with E-state index in [2.05, 4.69) is 58.3 Å². The van der Waals surface area contributed by atoms with Crippen LogP contribution in [0, 0.1) is 0 Å². The van der Waals surface area contributed by atoms with Crippen molar-refractivity contribution in [2.45, 2.75) is 26.7 Å². The van der Waals surface area contributed by atoms with E-state index in [1.165, 1.54) is 5.56 Å². The summed E-state index contributed by atoms with van der Waals surface area (Å²) in [4.78, 5) is 10.8. The molecule has 1 aromatic heterocycles. The Labute approximate surface area is 120 Å². The minimum absolute atomic E-state index is 0.682. The van der Waals surface area contributed by atoms with E-state index in [1.807, 2.05) is 13.1 Å². The zero-order valence-electron chi connectivity index (χ0n) is 12.4. The van der Waals surface area contributed by atoms with E-state index in [1.54, 1.807) is 6.20 Å². The minimum atomic E-state index is 0.682. The van der Waals surface area contributed by atoms with Gasteiger partial charge >= 0.3 is 0 Å². The SMILES string of the molecule is CCCNc1nccc(N(C)c2ccc(CC)cc2)n1. The minimum Gasteiger partial charge on any atom is -0.354 e. The summed E-state index contributed by atoms with van der Waals surface area (Å²) in [6.45, 7) is 5.17. The Morgan fingerprint density at radius 1 is 1.10 bits per heavy atom. The summed E-state index contributed by atoms with van der Waals surface area (Å²) >= 11 is 0. The van der Waals surface area contributed by atoms with Gasteiger partial charge in [0.1, 0.15) is 5.82 Å². The van der Waals surface area contributed by atoms with Gasteiger partial charge in [0.15, 0.2) is 0 Å². The van der Waals surface area contributed by atoms with Crippen LogP contribution in [0.15, 0.2) is 36.5 Å². The third-order valence-electron chi connectivity index (χ3n) is 3.25. The molecule has 0 aliphatic heterocycles. The van der Waals surface area contributed by atoms with E-state index in [4.69, 9.17) is 0 Å². The topological polar surface area (TPSA) is 41.1 Å². The molecule has 0 atom stereocenters. The first-order valence-corrected chi connectivity index (χ1v) is 7.14. The van der Waals surface area contributed by atoms with Crippen molar-refractivity contribution < 1.29 is 0 Å². The van der Waals surface area contributed by atoms with Gasteiger partial charge in [0.25, 0.3) is 0 Å². The molecule has 0 saturated carbocycles. The van der Waals surface area contributed by atoms with Gasteiger partial charge in [-0.15, -0.1) is 0 Å². The molecule has 1 aromatic carbocycles. The molecule has 0 aliphatic rings. The number of nitrogens with zero attached hydrogens (tertiary/aromatic N) is 3. The molecule has 2 rings (SSSR count). The molecule has 0 aliphatic carbocycles. The Bertz CT molecular complexity index is 536. The second-order valence-electron chi connectivity index (χ2n) is 4.74. The van der Waals surface area contributed by atoms with Crippen LogP contribution in [-0.4, -0.2) is 23.6 Å². The van der Waals surface area contributed by atoms with Crippen LogP contribution in [0.3, 0.4) is 0 Å². The second-order valence-corrected chi connectivity index (χ2v) is 4.74. The largest absolute Gasteiger partial charge is 0.354 e. The smallest absolute Gasteiger partial charge is 0.224 e. The standard InChI is InChI=1S/C16H22N4/c1-4-11-17-16-18-12-10-15(19-16)20(3)14-8-6-13(5-2)7-9-14/h6-10,12H,4-5,11H2,1-3H3,(H,17,18,19). The Hall–Kier alpha value is -2.10. The summed E-state index contributed by atoms with van der Waals surface area (Å²) in [5.74, 6) is 1.57. The van der Waals surface area contributed by atoms with Gasteiger partial charge in [0.05, 0.1) is 0 Å². The van der Waals surface area contributed by atoms with E-state index in [0.717, 1.165) is 30.9 Å². The molecule has 0 bridgehead atoms. The summed E-state index contributed by atoms with van der Waals surface area (Å²) < 4.78 is 0. The summed E-state index contributed by atoms with van der Waals surface area (Å²) in [6, 6.07) is 10.5. The van der Waals surface area contributed by atoms with Crippen LogP contribution in [0.4, 0.5) is 17.5 Å². The van der Waals surface area contributed by atoms with Gasteiger partial charge in [-0.3, -0.25) is 0 Å². The summed E-state index contributed by atoms with van der Waals surface area (Å²) in [6.07, 6.45) is 3.90. The summed E-state index contributed by atoms with van der Waals surface area (Å²) in [5, 5.41) is 3.21. The lowest BCUT2D eigenvalue weighted by atomic mass is 10.1. The van der Waals surface area contributed by atoms with Gasteiger partial charge < -0.3 is 10.2 Å². The highest BCUT2D eigenvalue weighted by molar-refractivity contribution is 5.60. The quantitative estimate of drug-likeness (QED) is 0.870. The number of hydrogen-bond donors (Lipinski definition) is 1. The highest BCUT2D eigenvalue weighted by Crippen LogP contribution is 2.22. The lowest BCUT2D eigenvalue weighted by Crippen LogP contribution is -2.13. The maximum atomic E-state index is 4.53. The van der Waals surface area contributed by atoms with Crippen molar-refractivity contribution in [3.8, 4) is 0 Å². The maximum absolute atomic E-state index is 4.53. The number of nitrogens with one attached hydrogen (secondary N) is 1. The molecule has 1 N–H and O–H groups in total. The van der Waals surface area contributed by atoms with Crippen molar-refractivity contribution >= 4 is 17.5 Å². The van der Waals surface area contributed by atoms with Gasteiger partial charge in [-0.1, -0.05) is 26.0 Å². The number of anilines is 3. The molecule has 0 fully saturated rings. The van der Waals surface area contributed by atoms with Crippen LogP contribution >= 0.6 is 0 Å². The Balaban J connectivity index is 2.16. The molecule has 106 valence electrons. The van der Waals surface area contributed by atoms with E-state index >= 15 is 0 Å². The van der Waals surface area contributed by atoms with Gasteiger partial charge in [0, 0.05) is 25.5 Å². The normalized spacial score (nSPS) is 10.3. The lowest BCUT2D eigenvalue weighted by molar-refractivity contribution is 0.948. The summed E-state index contributed by atoms with van der Waals surface area (Å²) in [5.41, 5.74) is 2.47. The molecule has 4 nitrogen and oxygen atoms in total. The van der Waals surface area contributed by atoms with Crippen LogP contribution in [0.1, 0.15) is 25.8 Å². The molecule has 0 amide bonds. The van der Waals surface area contributed by atoms with Crippen LogP contribution in [0.5, 0.6) is 0 Å². The van der Waals surface area contributed by atoms with E-state index in [-0.39, 0.29) is 0 Å². The first-order chi connectivity index (χ1) is 9.74. The number of aromatic nitrogens is 2. The van der Waals surface area contributed by atoms with E-state index in [9.17, 15) is 0 Å². The molecular weight excluding hydrogens is 248 g/mol. The van der Waals surface area contributed by atoms with E-state index < -0.39 is 0 Å². The predicted molar refractivity (Wildman–Crippen MR) is 84.7 cm³/mol. The zero-order chi connectivity index (χ0) is 14.4. The third kappa shape index (κ3) is 3.47. The predicted octanol–water partition coefficient (Wildman–Crippen LogP) is 3.63. The molecule has 1 heterocycles. The lowest BCUT2D eigenvalue weighted by Gasteiger charge is -2.19. The number of hydrogen-bond acceptors (Lipinski definition) is 4. The molecule has 0 unspecified atom stereocenters. The van der Waals surface area contributed by atoms with Crippen LogP contribution in [-0.2, 0) is 6.42 Å². The molecular formula is C16H22N4. The van der Waals surface area contributed by atoms with Crippen molar-refractivity contribution in [2.75, 3.05) is 23.8 Å².